The highest BCUT2D eigenvalue weighted by Crippen LogP contribution is 2.23. The highest BCUT2D eigenvalue weighted by Gasteiger charge is 2.20. The van der Waals surface area contributed by atoms with Crippen molar-refractivity contribution in [3.63, 3.8) is 0 Å². The molecule has 0 amide bonds. The Kier molecular flexibility index (Phi) is 2.64. The van der Waals surface area contributed by atoms with Crippen molar-refractivity contribution in [1.82, 2.24) is 9.38 Å². The summed E-state index contributed by atoms with van der Waals surface area (Å²) in [5.41, 5.74) is 9.35. The van der Waals surface area contributed by atoms with E-state index in [-0.39, 0.29) is 5.78 Å². The van der Waals surface area contributed by atoms with E-state index in [1.165, 1.54) is 0 Å². The molecule has 0 atom stereocenters. The number of fused-ring (bicyclic) bond motifs is 1. The molecule has 0 unspecified atom stereocenters. The molecule has 2 heterocycles. The third-order valence-corrected chi connectivity index (χ3v) is 4.04. The number of nitrogens with two attached hydrogens (primary N) is 1. The fraction of sp³-hybridized carbons (Fsp3) is 0.143. The maximum absolute atomic E-state index is 12.6. The number of benzene rings is 1. The van der Waals surface area contributed by atoms with Gasteiger partial charge in [-0.05, 0) is 38.1 Å². The van der Waals surface area contributed by atoms with Gasteiger partial charge in [-0.1, -0.05) is 0 Å². The summed E-state index contributed by atoms with van der Waals surface area (Å²) in [6, 6.07) is 6.97. The molecule has 2 aromatic heterocycles. The maximum Gasteiger partial charge on any atom is 0.211 e. The van der Waals surface area contributed by atoms with E-state index < -0.39 is 0 Å². The molecule has 1 aromatic carbocycles. The van der Waals surface area contributed by atoms with Crippen molar-refractivity contribution in [2.75, 3.05) is 5.73 Å². The molecule has 0 saturated heterocycles. The number of carbonyl (C=O) groups is 1. The van der Waals surface area contributed by atoms with Crippen molar-refractivity contribution < 1.29 is 4.79 Å². The Morgan fingerprint density at radius 2 is 1.95 bits per heavy atom. The summed E-state index contributed by atoms with van der Waals surface area (Å²) in [7, 11) is 0. The van der Waals surface area contributed by atoms with Crippen molar-refractivity contribution in [2.24, 2.45) is 0 Å². The second-order valence-electron chi connectivity index (χ2n) is 4.49. The summed E-state index contributed by atoms with van der Waals surface area (Å²) < 4.78 is 1.92. The molecule has 3 rings (SSSR count). The molecule has 0 fully saturated rings. The lowest BCUT2D eigenvalue weighted by molar-refractivity contribution is 0.103. The van der Waals surface area contributed by atoms with Crippen molar-refractivity contribution in [3.8, 4) is 0 Å². The van der Waals surface area contributed by atoms with E-state index in [9.17, 15) is 4.79 Å². The van der Waals surface area contributed by atoms with Crippen LogP contribution in [-0.2, 0) is 0 Å². The normalized spacial score (nSPS) is 11.1. The lowest BCUT2D eigenvalue weighted by Gasteiger charge is -2.03. The van der Waals surface area contributed by atoms with Gasteiger partial charge in [-0.25, -0.2) is 4.98 Å². The van der Waals surface area contributed by atoms with E-state index in [1.807, 2.05) is 23.6 Å². The van der Waals surface area contributed by atoms with Crippen LogP contribution >= 0.6 is 11.3 Å². The molecule has 0 spiro atoms. The summed E-state index contributed by atoms with van der Waals surface area (Å²) >= 11 is 1.54. The Morgan fingerprint density at radius 3 is 2.63 bits per heavy atom. The minimum atomic E-state index is -0.0218. The SMILES string of the molecule is Cc1nc2scc(C)n2c1C(=O)c1ccc(N)cc1. The van der Waals surface area contributed by atoms with E-state index >= 15 is 0 Å². The van der Waals surface area contributed by atoms with Gasteiger partial charge in [0.15, 0.2) is 4.96 Å². The quantitative estimate of drug-likeness (QED) is 0.576. The number of aromatic nitrogens is 2. The van der Waals surface area contributed by atoms with E-state index in [4.69, 9.17) is 5.73 Å². The number of hydrogen-bond acceptors (Lipinski definition) is 4. The molecule has 3 aromatic rings. The number of rotatable bonds is 2. The van der Waals surface area contributed by atoms with Crippen LogP contribution in [0.3, 0.4) is 0 Å². The van der Waals surface area contributed by atoms with Gasteiger partial charge in [0.25, 0.3) is 0 Å². The van der Waals surface area contributed by atoms with Crippen molar-refractivity contribution in [1.29, 1.82) is 0 Å². The number of imidazole rings is 1. The smallest absolute Gasteiger partial charge is 0.211 e. The second-order valence-corrected chi connectivity index (χ2v) is 5.33. The Labute approximate surface area is 114 Å². The number of ketones is 1. The molecule has 19 heavy (non-hydrogen) atoms. The maximum atomic E-state index is 12.6. The van der Waals surface area contributed by atoms with Gasteiger partial charge in [0.2, 0.25) is 5.78 Å². The first kappa shape index (κ1) is 11.9. The van der Waals surface area contributed by atoms with Gasteiger partial charge in [0, 0.05) is 22.3 Å². The highest BCUT2D eigenvalue weighted by molar-refractivity contribution is 7.15. The monoisotopic (exact) mass is 271 g/mol. The minimum absolute atomic E-state index is 0.0218. The van der Waals surface area contributed by atoms with Crippen LogP contribution in [0.25, 0.3) is 4.96 Å². The Hall–Kier alpha value is -2.14. The molecule has 0 radical (unpaired) electrons. The average Bonchev–Trinajstić information content (AvgIpc) is 2.89. The van der Waals surface area contributed by atoms with Crippen LogP contribution < -0.4 is 5.73 Å². The largest absolute Gasteiger partial charge is 0.399 e. The van der Waals surface area contributed by atoms with Crippen LogP contribution in [0.2, 0.25) is 0 Å². The predicted octanol–water partition coefficient (Wildman–Crippen LogP) is 2.83. The lowest BCUT2D eigenvalue weighted by atomic mass is 10.1. The van der Waals surface area contributed by atoms with E-state index in [0.717, 1.165) is 16.3 Å². The minimum Gasteiger partial charge on any atom is -0.399 e. The van der Waals surface area contributed by atoms with Crippen LogP contribution in [0.15, 0.2) is 29.6 Å². The van der Waals surface area contributed by atoms with E-state index in [0.29, 0.717) is 16.9 Å². The highest BCUT2D eigenvalue weighted by atomic mass is 32.1. The van der Waals surface area contributed by atoms with Crippen molar-refractivity contribution in [3.05, 3.63) is 52.3 Å². The molecule has 0 bridgehead atoms. The van der Waals surface area contributed by atoms with Crippen LogP contribution in [0.5, 0.6) is 0 Å². The molecule has 0 saturated carbocycles. The number of carbonyl (C=O) groups excluding carboxylic acids is 1. The number of hydrogen-bond donors (Lipinski definition) is 1. The fourth-order valence-corrected chi connectivity index (χ4v) is 3.05. The van der Waals surface area contributed by atoms with Crippen LogP contribution in [0.1, 0.15) is 27.4 Å². The van der Waals surface area contributed by atoms with Crippen molar-refractivity contribution >= 4 is 27.8 Å². The molecule has 5 heteroatoms. The van der Waals surface area contributed by atoms with Crippen LogP contribution in [-0.4, -0.2) is 15.2 Å². The van der Waals surface area contributed by atoms with Gasteiger partial charge in [-0.15, -0.1) is 11.3 Å². The standard InChI is InChI=1S/C14H13N3OS/c1-8-7-19-14-16-9(2)12(17(8)14)13(18)10-3-5-11(15)6-4-10/h3-7H,15H2,1-2H3. The molecule has 96 valence electrons. The van der Waals surface area contributed by atoms with Gasteiger partial charge < -0.3 is 5.73 Å². The first-order valence-corrected chi connectivity index (χ1v) is 6.79. The zero-order valence-corrected chi connectivity index (χ0v) is 11.5. The number of anilines is 1. The van der Waals surface area contributed by atoms with E-state index in [2.05, 4.69) is 4.98 Å². The number of thiazole rings is 1. The molecular formula is C14H13N3OS. The summed E-state index contributed by atoms with van der Waals surface area (Å²) in [5, 5.41) is 2.00. The van der Waals surface area contributed by atoms with Crippen LogP contribution in [0.4, 0.5) is 5.69 Å². The Bertz CT molecular complexity index is 768. The number of aryl methyl sites for hydroxylation is 2. The van der Waals surface area contributed by atoms with Gasteiger partial charge in [-0.2, -0.15) is 0 Å². The zero-order chi connectivity index (χ0) is 13.6. The molecule has 2 N–H and O–H groups in total. The number of nitrogen functional groups attached to an aromatic ring is 1. The molecule has 0 aliphatic rings. The Balaban J connectivity index is 2.18. The summed E-state index contributed by atoms with van der Waals surface area (Å²) in [6.07, 6.45) is 0. The topological polar surface area (TPSA) is 60.4 Å². The Morgan fingerprint density at radius 1 is 1.26 bits per heavy atom. The third kappa shape index (κ3) is 1.82. The fourth-order valence-electron chi connectivity index (χ4n) is 2.14. The van der Waals surface area contributed by atoms with Gasteiger partial charge in [0.05, 0.1) is 5.69 Å². The predicted molar refractivity (Wildman–Crippen MR) is 76.8 cm³/mol. The second kappa shape index (κ2) is 4.20. The van der Waals surface area contributed by atoms with Crippen LogP contribution in [0, 0.1) is 13.8 Å². The van der Waals surface area contributed by atoms with Crippen molar-refractivity contribution in [2.45, 2.75) is 13.8 Å². The molecule has 0 aliphatic carbocycles. The first-order valence-electron chi connectivity index (χ1n) is 5.91. The number of nitrogens with zero attached hydrogens (tertiary/aromatic N) is 2. The molecular weight excluding hydrogens is 258 g/mol. The van der Waals surface area contributed by atoms with Gasteiger partial charge in [-0.3, -0.25) is 9.20 Å². The molecule has 0 aliphatic heterocycles. The summed E-state index contributed by atoms with van der Waals surface area (Å²) in [4.78, 5) is 17.9. The van der Waals surface area contributed by atoms with Gasteiger partial charge >= 0.3 is 0 Å². The third-order valence-electron chi connectivity index (χ3n) is 3.10. The molecule has 4 nitrogen and oxygen atoms in total. The zero-order valence-electron chi connectivity index (χ0n) is 10.7. The lowest BCUT2D eigenvalue weighted by Crippen LogP contribution is -2.07. The van der Waals surface area contributed by atoms with E-state index in [1.54, 1.807) is 35.6 Å². The first-order chi connectivity index (χ1) is 9.08. The summed E-state index contributed by atoms with van der Waals surface area (Å²) in [5.74, 6) is -0.0218. The average molecular weight is 271 g/mol. The van der Waals surface area contributed by atoms with Gasteiger partial charge in [0.1, 0.15) is 5.69 Å². The summed E-state index contributed by atoms with van der Waals surface area (Å²) in [6.45, 7) is 3.84.